The lowest BCUT2D eigenvalue weighted by Gasteiger charge is -2.13. The molecule has 0 saturated heterocycles. The summed E-state index contributed by atoms with van der Waals surface area (Å²) >= 11 is 1.60. The maximum atomic E-state index is 11.9. The molecular weight excluding hydrogens is 418 g/mol. The average molecular weight is 470 g/mol. The second-order valence-electron chi connectivity index (χ2n) is 8.99. The van der Waals surface area contributed by atoms with Crippen molar-refractivity contribution in [2.45, 2.75) is 135 Å². The lowest BCUT2D eigenvalue weighted by Crippen LogP contribution is -2.41. The van der Waals surface area contributed by atoms with Crippen molar-refractivity contribution < 1.29 is 14.7 Å². The van der Waals surface area contributed by atoms with Crippen LogP contribution >= 0.6 is 11.8 Å². The number of nitrogens with one attached hydrogen (secondary N) is 1. The SMILES string of the molecule is CCCCCCCCCCC=CCCCCCCCCCC(=O)NC(CCSC)C(=O)O. The van der Waals surface area contributed by atoms with Gasteiger partial charge in [0.25, 0.3) is 0 Å². The van der Waals surface area contributed by atoms with Gasteiger partial charge < -0.3 is 10.4 Å². The van der Waals surface area contributed by atoms with Gasteiger partial charge in [0.2, 0.25) is 5.91 Å². The lowest BCUT2D eigenvalue weighted by atomic mass is 10.1. The molecule has 0 aliphatic carbocycles. The van der Waals surface area contributed by atoms with Crippen LogP contribution in [0.15, 0.2) is 12.2 Å². The molecule has 0 rings (SSSR count). The molecule has 0 fully saturated rings. The highest BCUT2D eigenvalue weighted by Crippen LogP contribution is 2.12. The first kappa shape index (κ1) is 31.0. The number of aliphatic carboxylic acids is 1. The highest BCUT2D eigenvalue weighted by Gasteiger charge is 2.18. The minimum Gasteiger partial charge on any atom is -0.480 e. The molecule has 5 heteroatoms. The summed E-state index contributed by atoms with van der Waals surface area (Å²) in [5.41, 5.74) is 0. The minimum absolute atomic E-state index is 0.128. The molecule has 1 atom stereocenters. The fourth-order valence-corrected chi connectivity index (χ4v) is 4.29. The van der Waals surface area contributed by atoms with E-state index in [0.717, 1.165) is 25.0 Å². The molecule has 4 nitrogen and oxygen atoms in total. The van der Waals surface area contributed by atoms with Crippen LogP contribution in [-0.4, -0.2) is 35.0 Å². The molecule has 0 aromatic rings. The summed E-state index contributed by atoms with van der Waals surface area (Å²) < 4.78 is 0. The molecule has 188 valence electrons. The smallest absolute Gasteiger partial charge is 0.326 e. The molecule has 0 bridgehead atoms. The number of carbonyl (C=O) groups excluding carboxylic acids is 1. The zero-order chi connectivity index (χ0) is 23.7. The molecule has 0 aliphatic heterocycles. The zero-order valence-corrected chi connectivity index (χ0v) is 21.9. The number of amides is 1. The maximum absolute atomic E-state index is 11.9. The molecule has 1 unspecified atom stereocenters. The Hall–Kier alpha value is -0.970. The second kappa shape index (κ2) is 24.7. The first-order chi connectivity index (χ1) is 15.6. The molecule has 0 radical (unpaired) electrons. The molecule has 1 amide bonds. The molecule has 0 aromatic carbocycles. The van der Waals surface area contributed by atoms with Crippen molar-refractivity contribution in [1.29, 1.82) is 0 Å². The van der Waals surface area contributed by atoms with Crippen molar-refractivity contribution in [2.75, 3.05) is 12.0 Å². The standard InChI is InChI=1S/C27H51NO3S/c1-3-4-5-6-7-8-9-10-11-12-13-14-15-16-17-18-19-20-21-22-26(29)28-25(27(30)31)23-24-32-2/h12-13,25H,3-11,14-24H2,1-2H3,(H,28,29)(H,30,31). The number of carboxylic acid groups (broad SMARTS) is 1. The van der Waals surface area contributed by atoms with Gasteiger partial charge in [0.15, 0.2) is 0 Å². The average Bonchev–Trinajstić information content (AvgIpc) is 2.78. The maximum Gasteiger partial charge on any atom is 0.326 e. The van der Waals surface area contributed by atoms with Crippen LogP contribution in [0.25, 0.3) is 0 Å². The number of allylic oxidation sites excluding steroid dienone is 2. The van der Waals surface area contributed by atoms with E-state index < -0.39 is 12.0 Å². The number of hydrogen-bond donors (Lipinski definition) is 2. The highest BCUT2D eigenvalue weighted by molar-refractivity contribution is 7.98. The highest BCUT2D eigenvalue weighted by atomic mass is 32.2. The summed E-state index contributed by atoms with van der Waals surface area (Å²) in [6, 6.07) is -0.746. The van der Waals surface area contributed by atoms with Crippen LogP contribution in [0.3, 0.4) is 0 Å². The van der Waals surface area contributed by atoms with Gasteiger partial charge in [-0.2, -0.15) is 11.8 Å². The van der Waals surface area contributed by atoms with Crippen LogP contribution in [0.5, 0.6) is 0 Å². The van der Waals surface area contributed by atoms with E-state index in [0.29, 0.717) is 12.8 Å². The lowest BCUT2D eigenvalue weighted by molar-refractivity contribution is -0.141. The first-order valence-electron chi connectivity index (χ1n) is 13.3. The molecular formula is C27H51NO3S. The Bertz CT molecular complexity index is 468. The molecule has 2 N–H and O–H groups in total. The van der Waals surface area contributed by atoms with E-state index >= 15 is 0 Å². The molecule has 0 aliphatic rings. The number of thioether (sulfide) groups is 1. The van der Waals surface area contributed by atoms with Crippen LogP contribution < -0.4 is 5.32 Å². The van der Waals surface area contributed by atoms with Crippen LogP contribution in [-0.2, 0) is 9.59 Å². The zero-order valence-electron chi connectivity index (χ0n) is 21.0. The van der Waals surface area contributed by atoms with E-state index in [4.69, 9.17) is 5.11 Å². The van der Waals surface area contributed by atoms with Gasteiger partial charge >= 0.3 is 5.97 Å². The monoisotopic (exact) mass is 469 g/mol. The van der Waals surface area contributed by atoms with Gasteiger partial charge in [0, 0.05) is 6.42 Å². The van der Waals surface area contributed by atoms with Crippen LogP contribution in [0.1, 0.15) is 129 Å². The van der Waals surface area contributed by atoms with E-state index in [1.165, 1.54) is 89.9 Å². The van der Waals surface area contributed by atoms with Crippen molar-refractivity contribution in [3.05, 3.63) is 12.2 Å². The predicted molar refractivity (Wildman–Crippen MR) is 140 cm³/mol. The van der Waals surface area contributed by atoms with Crippen molar-refractivity contribution >= 4 is 23.6 Å². The fraction of sp³-hybridized carbons (Fsp3) is 0.852. The number of rotatable bonds is 24. The third-order valence-corrected chi connectivity index (χ3v) is 6.55. The largest absolute Gasteiger partial charge is 0.480 e. The topological polar surface area (TPSA) is 66.4 Å². The van der Waals surface area contributed by atoms with E-state index in [2.05, 4.69) is 24.4 Å². The van der Waals surface area contributed by atoms with Gasteiger partial charge in [-0.1, -0.05) is 96.1 Å². The van der Waals surface area contributed by atoms with E-state index in [9.17, 15) is 9.59 Å². The first-order valence-corrected chi connectivity index (χ1v) is 14.7. The molecule has 0 saturated carbocycles. The fourth-order valence-electron chi connectivity index (χ4n) is 3.82. The van der Waals surface area contributed by atoms with Gasteiger partial charge in [0.05, 0.1) is 0 Å². The number of carbonyl (C=O) groups is 2. The third-order valence-electron chi connectivity index (χ3n) is 5.91. The van der Waals surface area contributed by atoms with Crippen LogP contribution in [0.4, 0.5) is 0 Å². The summed E-state index contributed by atoms with van der Waals surface area (Å²) in [4.78, 5) is 23.1. The van der Waals surface area contributed by atoms with Crippen molar-refractivity contribution in [3.8, 4) is 0 Å². The Morgan fingerprint density at radius 2 is 1.25 bits per heavy atom. The van der Waals surface area contributed by atoms with Crippen molar-refractivity contribution in [1.82, 2.24) is 5.32 Å². The molecule has 32 heavy (non-hydrogen) atoms. The van der Waals surface area contributed by atoms with E-state index in [1.54, 1.807) is 11.8 Å². The quantitative estimate of drug-likeness (QED) is 0.111. The number of carboxylic acids is 1. The van der Waals surface area contributed by atoms with Crippen molar-refractivity contribution in [3.63, 3.8) is 0 Å². The Morgan fingerprint density at radius 3 is 1.72 bits per heavy atom. The third kappa shape index (κ3) is 22.2. The van der Waals surface area contributed by atoms with Gasteiger partial charge in [0.1, 0.15) is 6.04 Å². The van der Waals surface area contributed by atoms with E-state index in [1.807, 2.05) is 6.26 Å². The Labute approximate surface area is 202 Å². The van der Waals surface area contributed by atoms with E-state index in [-0.39, 0.29) is 5.91 Å². The van der Waals surface area contributed by atoms with Gasteiger partial charge in [-0.3, -0.25) is 4.79 Å². The Kier molecular flexibility index (Phi) is 23.9. The van der Waals surface area contributed by atoms with Gasteiger partial charge in [-0.15, -0.1) is 0 Å². The summed E-state index contributed by atoms with van der Waals surface area (Å²) in [5, 5.41) is 11.8. The second-order valence-corrected chi connectivity index (χ2v) is 9.97. The minimum atomic E-state index is -0.935. The summed E-state index contributed by atoms with van der Waals surface area (Å²) in [6.07, 6.45) is 29.3. The molecule has 0 spiro atoms. The predicted octanol–water partition coefficient (Wildman–Crippen LogP) is 7.91. The number of unbranched alkanes of at least 4 members (excludes halogenated alkanes) is 15. The summed E-state index contributed by atoms with van der Waals surface area (Å²) in [5.74, 6) is -0.320. The van der Waals surface area contributed by atoms with Gasteiger partial charge in [-0.25, -0.2) is 4.79 Å². The van der Waals surface area contributed by atoms with Crippen molar-refractivity contribution in [2.24, 2.45) is 0 Å². The molecule has 0 heterocycles. The number of hydrogen-bond acceptors (Lipinski definition) is 3. The van der Waals surface area contributed by atoms with Crippen LogP contribution in [0, 0.1) is 0 Å². The molecule has 0 aromatic heterocycles. The van der Waals surface area contributed by atoms with Crippen LogP contribution in [0.2, 0.25) is 0 Å². The normalized spacial score (nSPS) is 12.3. The Balaban J connectivity index is 3.39. The Morgan fingerprint density at radius 1 is 0.781 bits per heavy atom. The summed E-state index contributed by atoms with van der Waals surface area (Å²) in [6.45, 7) is 2.27. The summed E-state index contributed by atoms with van der Waals surface area (Å²) in [7, 11) is 0. The van der Waals surface area contributed by atoms with Gasteiger partial charge in [-0.05, 0) is 50.5 Å².